The van der Waals surface area contributed by atoms with Crippen molar-refractivity contribution in [2.75, 3.05) is 11.9 Å². The van der Waals surface area contributed by atoms with Crippen LogP contribution in [0.3, 0.4) is 0 Å². The van der Waals surface area contributed by atoms with Crippen molar-refractivity contribution in [2.24, 2.45) is 5.92 Å². The summed E-state index contributed by atoms with van der Waals surface area (Å²) in [5.41, 5.74) is 0.691. The highest BCUT2D eigenvalue weighted by Gasteiger charge is 2.67. The van der Waals surface area contributed by atoms with E-state index in [1.807, 2.05) is 0 Å². The van der Waals surface area contributed by atoms with Crippen LogP contribution in [0.15, 0.2) is 36.4 Å². The second-order valence-electron chi connectivity index (χ2n) is 7.14. The molecule has 0 bridgehead atoms. The Kier molecular flexibility index (Phi) is 7.47. The molecule has 4 nitrogen and oxygen atoms in total. The van der Waals surface area contributed by atoms with Crippen LogP contribution in [-0.2, 0) is 4.79 Å². The Labute approximate surface area is 206 Å². The molecule has 1 aliphatic carbocycles. The summed E-state index contributed by atoms with van der Waals surface area (Å²) in [5.74, 6) is -2.74. The minimum Gasteiger partial charge on any atom is -0.352 e. The zero-order valence-corrected chi connectivity index (χ0v) is 19.7. The summed E-state index contributed by atoms with van der Waals surface area (Å²) in [6.07, 6.45) is -5.59. The first-order valence-electron chi connectivity index (χ1n) is 9.09. The Morgan fingerprint density at radius 1 is 1.00 bits per heavy atom. The highest BCUT2D eigenvalue weighted by Crippen LogP contribution is 2.65. The van der Waals surface area contributed by atoms with Crippen molar-refractivity contribution in [1.82, 2.24) is 5.32 Å². The molecule has 0 spiro atoms. The number of rotatable bonds is 6. The molecule has 1 aliphatic rings. The predicted molar refractivity (Wildman–Crippen MR) is 120 cm³/mol. The number of anilines is 1. The van der Waals surface area contributed by atoms with Crippen LogP contribution in [0.5, 0.6) is 0 Å². The molecule has 2 atom stereocenters. The number of nitrogens with one attached hydrogen (secondary N) is 2. The Morgan fingerprint density at radius 2 is 1.62 bits per heavy atom. The minimum absolute atomic E-state index is 0.00871. The number of benzene rings is 2. The van der Waals surface area contributed by atoms with E-state index in [2.05, 4.69) is 10.6 Å². The summed E-state index contributed by atoms with van der Waals surface area (Å²) in [5, 5.41) is 5.47. The van der Waals surface area contributed by atoms with E-state index < -0.39 is 47.1 Å². The van der Waals surface area contributed by atoms with Gasteiger partial charge in [-0.15, -0.1) is 23.2 Å². The fourth-order valence-electron chi connectivity index (χ4n) is 3.23. The summed E-state index contributed by atoms with van der Waals surface area (Å²) >= 11 is 30.6. The second-order valence-corrected chi connectivity index (χ2v) is 9.86. The number of alkyl halides is 5. The monoisotopic (exact) mass is 546 g/mol. The van der Waals surface area contributed by atoms with Gasteiger partial charge in [0.15, 0.2) is 0 Å². The summed E-state index contributed by atoms with van der Waals surface area (Å²) < 4.78 is 35.4. The van der Waals surface area contributed by atoms with E-state index in [0.29, 0.717) is 15.6 Å². The molecule has 2 aromatic carbocycles. The van der Waals surface area contributed by atoms with Gasteiger partial charge in [0.05, 0.1) is 22.9 Å². The molecule has 1 fully saturated rings. The molecule has 0 aliphatic heterocycles. The van der Waals surface area contributed by atoms with E-state index in [-0.39, 0.29) is 16.3 Å². The van der Waals surface area contributed by atoms with Gasteiger partial charge in [-0.3, -0.25) is 9.59 Å². The zero-order chi connectivity index (χ0) is 23.8. The van der Waals surface area contributed by atoms with Crippen LogP contribution in [0.4, 0.5) is 18.9 Å². The number of carbonyl (C=O) groups is 2. The van der Waals surface area contributed by atoms with E-state index in [9.17, 15) is 22.8 Å². The van der Waals surface area contributed by atoms with Crippen LogP contribution in [0.25, 0.3) is 0 Å². The standard InChI is InChI=1S/C20H14Cl5F3N2O2/c21-10-5-9(6-11(22)7-10)15-16(20(15,24)25)18(32)30-12-1-2-14(23)13(8-12)17(31)29-4-3-19(26,27)28/h1-2,5-8,15-16H,3-4H2,(H,29,31)(H,30,32)/t15-,16+/m1/s1. The molecule has 0 radical (unpaired) electrons. The third-order valence-corrected chi connectivity index (χ3v) is 6.46. The highest BCUT2D eigenvalue weighted by atomic mass is 35.5. The van der Waals surface area contributed by atoms with Crippen molar-refractivity contribution in [3.8, 4) is 0 Å². The van der Waals surface area contributed by atoms with Gasteiger partial charge in [-0.1, -0.05) is 34.8 Å². The Hall–Kier alpha value is -1.38. The van der Waals surface area contributed by atoms with Gasteiger partial charge in [0.2, 0.25) is 5.91 Å². The molecule has 1 saturated carbocycles. The smallest absolute Gasteiger partial charge is 0.352 e. The van der Waals surface area contributed by atoms with Crippen LogP contribution < -0.4 is 10.6 Å². The van der Waals surface area contributed by atoms with Gasteiger partial charge in [-0.05, 0) is 42.0 Å². The first kappa shape index (κ1) is 25.2. The van der Waals surface area contributed by atoms with Crippen molar-refractivity contribution in [3.63, 3.8) is 0 Å². The number of carbonyl (C=O) groups excluding carboxylic acids is 2. The molecule has 2 amide bonds. The Morgan fingerprint density at radius 3 is 2.22 bits per heavy atom. The van der Waals surface area contributed by atoms with Crippen molar-refractivity contribution in [2.45, 2.75) is 22.8 Å². The number of hydrogen-bond acceptors (Lipinski definition) is 2. The van der Waals surface area contributed by atoms with Gasteiger partial charge in [-0.25, -0.2) is 0 Å². The van der Waals surface area contributed by atoms with E-state index >= 15 is 0 Å². The molecule has 2 aromatic rings. The molecular formula is C20H14Cl5F3N2O2. The summed E-state index contributed by atoms with van der Waals surface area (Å²) in [7, 11) is 0. The molecule has 2 N–H and O–H groups in total. The van der Waals surface area contributed by atoms with Crippen LogP contribution in [0, 0.1) is 5.92 Å². The fourth-order valence-corrected chi connectivity index (χ4v) is 4.81. The summed E-state index contributed by atoms with van der Waals surface area (Å²) in [6, 6.07) is 8.77. The van der Waals surface area contributed by atoms with Gasteiger partial charge in [0, 0.05) is 28.2 Å². The van der Waals surface area contributed by atoms with Crippen molar-refractivity contribution < 1.29 is 22.8 Å². The van der Waals surface area contributed by atoms with Gasteiger partial charge >= 0.3 is 6.18 Å². The fraction of sp³-hybridized carbons (Fsp3) is 0.300. The lowest BCUT2D eigenvalue weighted by atomic mass is 10.1. The lowest BCUT2D eigenvalue weighted by Gasteiger charge is -2.11. The number of amides is 2. The van der Waals surface area contributed by atoms with Gasteiger partial charge in [0.1, 0.15) is 4.33 Å². The third-order valence-electron chi connectivity index (χ3n) is 4.75. The van der Waals surface area contributed by atoms with Gasteiger partial charge in [-0.2, -0.15) is 13.2 Å². The average molecular weight is 549 g/mol. The lowest BCUT2D eigenvalue weighted by Crippen LogP contribution is -2.28. The molecule has 0 saturated heterocycles. The molecule has 32 heavy (non-hydrogen) atoms. The summed E-state index contributed by atoms with van der Waals surface area (Å²) in [6.45, 7) is -0.609. The van der Waals surface area contributed by atoms with Crippen molar-refractivity contribution >= 4 is 75.5 Å². The quantitative estimate of drug-likeness (QED) is 0.388. The van der Waals surface area contributed by atoms with Crippen LogP contribution >= 0.6 is 58.0 Å². The van der Waals surface area contributed by atoms with Crippen LogP contribution in [0.1, 0.15) is 28.3 Å². The van der Waals surface area contributed by atoms with E-state index in [0.717, 1.165) is 0 Å². The maximum Gasteiger partial charge on any atom is 0.390 e. The number of hydrogen-bond donors (Lipinski definition) is 2. The van der Waals surface area contributed by atoms with E-state index in [1.54, 1.807) is 12.1 Å². The van der Waals surface area contributed by atoms with Gasteiger partial charge < -0.3 is 10.6 Å². The topological polar surface area (TPSA) is 58.2 Å². The second kappa shape index (κ2) is 9.47. The SMILES string of the molecule is O=C(NCCC(F)(F)F)c1cc(NC(=O)[C@@H]2[C@@H](c3cc(Cl)cc(Cl)c3)C2(Cl)Cl)ccc1Cl. The maximum absolute atomic E-state index is 12.8. The molecule has 0 unspecified atom stereocenters. The maximum atomic E-state index is 12.8. The highest BCUT2D eigenvalue weighted by molar-refractivity contribution is 6.53. The summed E-state index contributed by atoms with van der Waals surface area (Å²) in [4.78, 5) is 25.0. The Bertz CT molecular complexity index is 1040. The van der Waals surface area contributed by atoms with Crippen LogP contribution in [0.2, 0.25) is 15.1 Å². The minimum atomic E-state index is -4.41. The molecular weight excluding hydrogens is 534 g/mol. The average Bonchev–Trinajstić information content (AvgIpc) is 3.23. The van der Waals surface area contributed by atoms with E-state index in [4.69, 9.17) is 58.0 Å². The lowest BCUT2D eigenvalue weighted by molar-refractivity contribution is -0.133. The predicted octanol–water partition coefficient (Wildman–Crippen LogP) is 6.86. The molecule has 12 heteroatoms. The molecule has 3 rings (SSSR count). The third kappa shape index (κ3) is 5.94. The van der Waals surface area contributed by atoms with Crippen molar-refractivity contribution in [3.05, 3.63) is 62.6 Å². The largest absolute Gasteiger partial charge is 0.390 e. The zero-order valence-electron chi connectivity index (χ0n) is 15.9. The normalized spacial score (nSPS) is 19.4. The van der Waals surface area contributed by atoms with Crippen LogP contribution in [-0.4, -0.2) is 28.9 Å². The first-order chi connectivity index (χ1) is 14.8. The Balaban J connectivity index is 1.71. The first-order valence-corrected chi connectivity index (χ1v) is 11.0. The van der Waals surface area contributed by atoms with E-state index in [1.165, 1.54) is 24.3 Å². The molecule has 0 heterocycles. The van der Waals surface area contributed by atoms with Crippen molar-refractivity contribution in [1.29, 1.82) is 0 Å². The van der Waals surface area contributed by atoms with Gasteiger partial charge in [0.25, 0.3) is 5.91 Å². The molecule has 172 valence electrons. The number of halogens is 8. The molecule has 0 aromatic heterocycles.